The number of hydrogen-bond acceptors (Lipinski definition) is 4. The van der Waals surface area contributed by atoms with Crippen molar-refractivity contribution in [2.24, 2.45) is 0 Å². The molecule has 1 heterocycles. The summed E-state index contributed by atoms with van der Waals surface area (Å²) in [6.07, 6.45) is 6.63. The van der Waals surface area contributed by atoms with Crippen LogP contribution in [-0.4, -0.2) is 29.3 Å². The van der Waals surface area contributed by atoms with Gasteiger partial charge in [0.15, 0.2) is 11.5 Å². The molecule has 5 nitrogen and oxygen atoms in total. The molecule has 1 aromatic heterocycles. The monoisotopic (exact) mass is 337 g/mol. The van der Waals surface area contributed by atoms with Crippen LogP contribution in [0.3, 0.4) is 0 Å². The number of benzene rings is 1. The van der Waals surface area contributed by atoms with Gasteiger partial charge in [0.1, 0.15) is 0 Å². The van der Waals surface area contributed by atoms with Crippen molar-refractivity contribution in [2.75, 3.05) is 19.8 Å². The first-order valence-corrected chi connectivity index (χ1v) is 8.36. The number of aromatic nitrogens is 2. The van der Waals surface area contributed by atoms with Gasteiger partial charge in [-0.05, 0) is 38.4 Å². The Morgan fingerprint density at radius 3 is 2.57 bits per heavy atom. The van der Waals surface area contributed by atoms with Gasteiger partial charge in [0, 0.05) is 36.6 Å². The zero-order valence-electron chi connectivity index (χ0n) is 13.7. The van der Waals surface area contributed by atoms with E-state index in [1.807, 2.05) is 38.5 Å². The lowest BCUT2D eigenvalue weighted by atomic mass is 10.2. The summed E-state index contributed by atoms with van der Waals surface area (Å²) in [6, 6.07) is 3.79. The molecule has 6 heteroatoms. The molecule has 0 radical (unpaired) electrons. The number of rotatable bonds is 10. The standard InChI is InChI=1S/C17H24ClN3O2/c1-3-22-16-10-14(15(18)11-17(16)23-4-2)12-19-6-5-8-21-9-7-20-13-21/h7,9-11,13,19H,3-6,8,12H2,1-2H3. The van der Waals surface area contributed by atoms with Crippen LogP contribution in [0.15, 0.2) is 30.9 Å². The molecule has 0 saturated heterocycles. The first kappa shape index (κ1) is 17.6. The van der Waals surface area contributed by atoms with E-state index in [4.69, 9.17) is 21.1 Å². The van der Waals surface area contributed by atoms with Gasteiger partial charge in [-0.15, -0.1) is 0 Å². The fourth-order valence-corrected chi connectivity index (χ4v) is 2.50. The summed E-state index contributed by atoms with van der Waals surface area (Å²) < 4.78 is 13.3. The van der Waals surface area contributed by atoms with E-state index in [2.05, 4.69) is 14.9 Å². The lowest BCUT2D eigenvalue weighted by molar-refractivity contribution is 0.287. The second-order valence-corrected chi connectivity index (χ2v) is 5.49. The topological polar surface area (TPSA) is 48.3 Å². The van der Waals surface area contributed by atoms with Gasteiger partial charge in [-0.1, -0.05) is 11.6 Å². The van der Waals surface area contributed by atoms with Crippen LogP contribution in [0, 0.1) is 0 Å². The van der Waals surface area contributed by atoms with Gasteiger partial charge >= 0.3 is 0 Å². The number of nitrogens with one attached hydrogen (secondary N) is 1. The van der Waals surface area contributed by atoms with Crippen molar-refractivity contribution in [3.05, 3.63) is 41.4 Å². The highest BCUT2D eigenvalue weighted by molar-refractivity contribution is 6.31. The maximum Gasteiger partial charge on any atom is 0.162 e. The number of imidazole rings is 1. The third-order valence-corrected chi connectivity index (χ3v) is 3.71. The van der Waals surface area contributed by atoms with Crippen LogP contribution in [0.2, 0.25) is 5.02 Å². The maximum absolute atomic E-state index is 6.34. The van der Waals surface area contributed by atoms with Crippen molar-refractivity contribution in [1.82, 2.24) is 14.9 Å². The number of aryl methyl sites for hydroxylation is 1. The lowest BCUT2D eigenvalue weighted by Gasteiger charge is -2.14. The summed E-state index contributed by atoms with van der Waals surface area (Å²) in [5, 5.41) is 4.10. The van der Waals surface area contributed by atoms with Crippen molar-refractivity contribution in [3.63, 3.8) is 0 Å². The SMILES string of the molecule is CCOc1cc(Cl)c(CNCCCn2ccnc2)cc1OCC. The maximum atomic E-state index is 6.34. The van der Waals surface area contributed by atoms with Crippen LogP contribution in [0.1, 0.15) is 25.8 Å². The third-order valence-electron chi connectivity index (χ3n) is 3.36. The van der Waals surface area contributed by atoms with Gasteiger partial charge in [0.05, 0.1) is 19.5 Å². The van der Waals surface area contributed by atoms with Crippen molar-refractivity contribution < 1.29 is 9.47 Å². The molecule has 126 valence electrons. The highest BCUT2D eigenvalue weighted by Crippen LogP contribution is 2.33. The minimum absolute atomic E-state index is 0.586. The van der Waals surface area contributed by atoms with E-state index in [0.717, 1.165) is 30.8 Å². The second-order valence-electron chi connectivity index (χ2n) is 5.09. The molecule has 0 bridgehead atoms. The summed E-state index contributed by atoms with van der Waals surface area (Å²) in [5.41, 5.74) is 1.02. The normalized spacial score (nSPS) is 10.7. The highest BCUT2D eigenvalue weighted by Gasteiger charge is 2.10. The molecular weight excluding hydrogens is 314 g/mol. The van der Waals surface area contributed by atoms with E-state index in [9.17, 15) is 0 Å². The first-order chi connectivity index (χ1) is 11.2. The number of nitrogens with zero attached hydrogens (tertiary/aromatic N) is 2. The molecule has 0 atom stereocenters. The van der Waals surface area contributed by atoms with Crippen LogP contribution in [0.25, 0.3) is 0 Å². The third kappa shape index (κ3) is 5.44. The van der Waals surface area contributed by atoms with Gasteiger partial charge in [-0.3, -0.25) is 0 Å². The Kier molecular flexibility index (Phi) is 7.23. The molecule has 2 aromatic rings. The fraction of sp³-hybridized carbons (Fsp3) is 0.471. The molecule has 0 unspecified atom stereocenters. The van der Waals surface area contributed by atoms with Crippen molar-refractivity contribution in [3.8, 4) is 11.5 Å². The average Bonchev–Trinajstić information content (AvgIpc) is 3.04. The van der Waals surface area contributed by atoms with Crippen LogP contribution in [0.5, 0.6) is 11.5 Å². The molecule has 1 N–H and O–H groups in total. The van der Waals surface area contributed by atoms with Crippen molar-refractivity contribution in [1.29, 1.82) is 0 Å². The van der Waals surface area contributed by atoms with Gasteiger partial charge < -0.3 is 19.4 Å². The summed E-state index contributed by atoms with van der Waals surface area (Å²) in [4.78, 5) is 4.03. The Bertz CT molecular complexity index is 588. The van der Waals surface area contributed by atoms with E-state index >= 15 is 0 Å². The van der Waals surface area contributed by atoms with Gasteiger partial charge in [0.2, 0.25) is 0 Å². The summed E-state index contributed by atoms with van der Waals surface area (Å²) in [6.45, 7) is 7.65. The molecule has 2 rings (SSSR count). The molecule has 1 aromatic carbocycles. The van der Waals surface area contributed by atoms with Gasteiger partial charge in [0.25, 0.3) is 0 Å². The molecule has 0 spiro atoms. The smallest absolute Gasteiger partial charge is 0.162 e. The predicted octanol–water partition coefficient (Wildman–Crippen LogP) is 3.51. The Morgan fingerprint density at radius 2 is 1.91 bits per heavy atom. The van der Waals surface area contributed by atoms with Crippen molar-refractivity contribution >= 4 is 11.6 Å². The zero-order chi connectivity index (χ0) is 16.5. The number of halogens is 1. The Labute approximate surface area is 142 Å². The summed E-state index contributed by atoms with van der Waals surface area (Å²) >= 11 is 6.34. The van der Waals surface area contributed by atoms with Crippen LogP contribution in [-0.2, 0) is 13.1 Å². The number of ether oxygens (including phenoxy) is 2. The average molecular weight is 338 g/mol. The van der Waals surface area contributed by atoms with E-state index < -0.39 is 0 Å². The molecule has 0 fully saturated rings. The molecule has 0 aliphatic carbocycles. The van der Waals surface area contributed by atoms with Crippen molar-refractivity contribution in [2.45, 2.75) is 33.4 Å². The Morgan fingerprint density at radius 1 is 1.17 bits per heavy atom. The molecule has 23 heavy (non-hydrogen) atoms. The van der Waals surface area contributed by atoms with E-state index in [1.165, 1.54) is 0 Å². The Hall–Kier alpha value is -1.72. The molecule has 0 saturated carbocycles. The second kappa shape index (κ2) is 9.43. The van der Waals surface area contributed by atoms with E-state index in [0.29, 0.717) is 30.5 Å². The van der Waals surface area contributed by atoms with Crippen LogP contribution in [0.4, 0.5) is 0 Å². The quantitative estimate of drug-likeness (QED) is 0.674. The first-order valence-electron chi connectivity index (χ1n) is 7.99. The molecule has 0 aliphatic rings. The zero-order valence-corrected chi connectivity index (χ0v) is 14.5. The molecule has 0 aliphatic heterocycles. The highest BCUT2D eigenvalue weighted by atomic mass is 35.5. The largest absolute Gasteiger partial charge is 0.490 e. The lowest BCUT2D eigenvalue weighted by Crippen LogP contribution is -2.16. The molecular formula is C17H24ClN3O2. The van der Waals surface area contributed by atoms with E-state index in [-0.39, 0.29) is 0 Å². The van der Waals surface area contributed by atoms with Gasteiger partial charge in [-0.25, -0.2) is 4.98 Å². The predicted molar refractivity (Wildman–Crippen MR) is 92.3 cm³/mol. The minimum atomic E-state index is 0.586. The number of hydrogen-bond donors (Lipinski definition) is 1. The van der Waals surface area contributed by atoms with Gasteiger partial charge in [-0.2, -0.15) is 0 Å². The van der Waals surface area contributed by atoms with Crippen LogP contribution < -0.4 is 14.8 Å². The van der Waals surface area contributed by atoms with E-state index in [1.54, 1.807) is 6.20 Å². The summed E-state index contributed by atoms with van der Waals surface area (Å²) in [7, 11) is 0. The molecule has 0 amide bonds. The summed E-state index contributed by atoms with van der Waals surface area (Å²) in [5.74, 6) is 1.44. The Balaban J connectivity index is 1.87. The minimum Gasteiger partial charge on any atom is -0.490 e. The van der Waals surface area contributed by atoms with Crippen LogP contribution >= 0.6 is 11.6 Å². The fourth-order valence-electron chi connectivity index (χ4n) is 2.28.